The van der Waals surface area contributed by atoms with Crippen LogP contribution in [0.2, 0.25) is 5.02 Å². The number of aromatic nitrogens is 1. The van der Waals surface area contributed by atoms with Crippen LogP contribution in [0.15, 0.2) is 47.1 Å². The number of halogens is 2. The van der Waals surface area contributed by atoms with Crippen LogP contribution < -0.4 is 5.73 Å². The second kappa shape index (κ2) is 5.83. The van der Waals surface area contributed by atoms with Gasteiger partial charge in [-0.1, -0.05) is 40.5 Å². The van der Waals surface area contributed by atoms with Gasteiger partial charge in [-0.05, 0) is 35.9 Å². The zero-order valence-electron chi connectivity index (χ0n) is 9.98. The Morgan fingerprint density at radius 3 is 2.67 bits per heavy atom. The van der Waals surface area contributed by atoms with E-state index in [4.69, 9.17) is 17.3 Å². The van der Waals surface area contributed by atoms with E-state index in [1.54, 1.807) is 6.20 Å². The summed E-state index contributed by atoms with van der Waals surface area (Å²) in [5.74, 6) is 0.136. The van der Waals surface area contributed by atoms with Crippen LogP contribution in [-0.2, 0) is 0 Å². The van der Waals surface area contributed by atoms with Crippen molar-refractivity contribution in [2.24, 2.45) is 5.73 Å². The van der Waals surface area contributed by atoms with E-state index in [0.29, 0.717) is 5.02 Å². The molecule has 0 radical (unpaired) electrons. The van der Waals surface area contributed by atoms with Crippen LogP contribution in [0.1, 0.15) is 30.1 Å². The van der Waals surface area contributed by atoms with Gasteiger partial charge in [-0.3, -0.25) is 4.98 Å². The van der Waals surface area contributed by atoms with Crippen LogP contribution in [0.3, 0.4) is 0 Å². The molecular weight excluding hydrogens is 312 g/mol. The van der Waals surface area contributed by atoms with Gasteiger partial charge in [0.1, 0.15) is 0 Å². The minimum Gasteiger partial charge on any atom is -0.323 e. The highest BCUT2D eigenvalue weighted by Gasteiger charge is 2.18. The largest absolute Gasteiger partial charge is 0.323 e. The fourth-order valence-corrected chi connectivity index (χ4v) is 2.77. The molecular formula is C14H14BrClN2. The first kappa shape index (κ1) is 13.5. The van der Waals surface area contributed by atoms with E-state index in [2.05, 4.69) is 27.8 Å². The van der Waals surface area contributed by atoms with E-state index in [0.717, 1.165) is 15.7 Å². The fraction of sp³-hybridized carbons (Fsp3) is 0.214. The van der Waals surface area contributed by atoms with Crippen molar-refractivity contribution in [2.45, 2.75) is 18.9 Å². The molecule has 4 heteroatoms. The van der Waals surface area contributed by atoms with Gasteiger partial charge in [-0.2, -0.15) is 0 Å². The normalized spacial score (nSPS) is 14.2. The summed E-state index contributed by atoms with van der Waals surface area (Å²) in [6, 6.07) is 11.5. The number of benzene rings is 1. The molecule has 2 aromatic rings. The van der Waals surface area contributed by atoms with Crippen molar-refractivity contribution in [2.75, 3.05) is 0 Å². The topological polar surface area (TPSA) is 38.9 Å². The van der Waals surface area contributed by atoms with Crippen LogP contribution in [0.5, 0.6) is 0 Å². The lowest BCUT2D eigenvalue weighted by Gasteiger charge is -2.20. The van der Waals surface area contributed by atoms with Crippen LogP contribution >= 0.6 is 27.5 Å². The Bertz CT molecular complexity index is 510. The van der Waals surface area contributed by atoms with E-state index in [1.807, 2.05) is 36.4 Å². The van der Waals surface area contributed by atoms with Crippen molar-refractivity contribution in [3.63, 3.8) is 0 Å². The fourth-order valence-electron chi connectivity index (χ4n) is 1.89. The van der Waals surface area contributed by atoms with Crippen LogP contribution in [0, 0.1) is 0 Å². The Morgan fingerprint density at radius 2 is 2.06 bits per heavy atom. The smallest absolute Gasteiger partial charge is 0.0450 e. The van der Waals surface area contributed by atoms with E-state index < -0.39 is 0 Å². The van der Waals surface area contributed by atoms with Gasteiger partial charge in [0.25, 0.3) is 0 Å². The Kier molecular flexibility index (Phi) is 4.38. The van der Waals surface area contributed by atoms with Crippen molar-refractivity contribution >= 4 is 27.5 Å². The average molecular weight is 326 g/mol. The predicted octanol–water partition coefficient (Wildman–Crippen LogP) is 4.30. The molecule has 1 heterocycles. The molecule has 1 aromatic heterocycles. The summed E-state index contributed by atoms with van der Waals surface area (Å²) in [5.41, 5.74) is 8.28. The molecule has 0 spiro atoms. The molecule has 0 aliphatic carbocycles. The van der Waals surface area contributed by atoms with Gasteiger partial charge >= 0.3 is 0 Å². The summed E-state index contributed by atoms with van der Waals surface area (Å²) in [7, 11) is 0. The first-order valence-corrected chi connectivity index (χ1v) is 6.87. The molecule has 2 unspecified atom stereocenters. The molecule has 0 aliphatic rings. The van der Waals surface area contributed by atoms with Gasteiger partial charge in [0.2, 0.25) is 0 Å². The summed E-state index contributed by atoms with van der Waals surface area (Å²) < 4.78 is 0.939. The van der Waals surface area contributed by atoms with Crippen LogP contribution in [0.4, 0.5) is 0 Å². The SMILES string of the molecule is CC(c1ccccn1)C(N)c1cc(Cl)cc(Br)c1. The van der Waals surface area contributed by atoms with Crippen molar-refractivity contribution in [3.8, 4) is 0 Å². The molecule has 2 N–H and O–H groups in total. The Labute approximate surface area is 120 Å². The number of pyridine rings is 1. The third-order valence-corrected chi connectivity index (χ3v) is 3.64. The molecule has 94 valence electrons. The zero-order valence-corrected chi connectivity index (χ0v) is 12.3. The molecule has 0 amide bonds. The van der Waals surface area contributed by atoms with Gasteiger partial charge in [0.05, 0.1) is 0 Å². The first-order valence-electron chi connectivity index (χ1n) is 5.70. The summed E-state index contributed by atoms with van der Waals surface area (Å²) in [6.07, 6.45) is 1.78. The summed E-state index contributed by atoms with van der Waals surface area (Å²) in [4.78, 5) is 4.35. The monoisotopic (exact) mass is 324 g/mol. The van der Waals surface area contributed by atoms with Crippen molar-refractivity contribution in [1.82, 2.24) is 4.98 Å². The lowest BCUT2D eigenvalue weighted by molar-refractivity contribution is 0.583. The number of hydrogen-bond donors (Lipinski definition) is 1. The van der Waals surface area contributed by atoms with E-state index in [1.165, 1.54) is 0 Å². The summed E-state index contributed by atoms with van der Waals surface area (Å²) in [6.45, 7) is 2.07. The molecule has 0 saturated heterocycles. The van der Waals surface area contributed by atoms with Crippen molar-refractivity contribution in [1.29, 1.82) is 0 Å². The van der Waals surface area contributed by atoms with Gasteiger partial charge in [0.15, 0.2) is 0 Å². The van der Waals surface area contributed by atoms with Crippen molar-refractivity contribution < 1.29 is 0 Å². The number of hydrogen-bond acceptors (Lipinski definition) is 2. The molecule has 2 nitrogen and oxygen atoms in total. The van der Waals surface area contributed by atoms with E-state index in [9.17, 15) is 0 Å². The third kappa shape index (κ3) is 3.10. The predicted molar refractivity (Wildman–Crippen MR) is 78.7 cm³/mol. The zero-order chi connectivity index (χ0) is 13.1. The lowest BCUT2D eigenvalue weighted by atomic mass is 9.92. The molecule has 1 aromatic carbocycles. The number of rotatable bonds is 3. The maximum atomic E-state index is 6.29. The quantitative estimate of drug-likeness (QED) is 0.913. The maximum absolute atomic E-state index is 6.29. The van der Waals surface area contributed by atoms with Crippen molar-refractivity contribution in [3.05, 3.63) is 63.3 Å². The highest BCUT2D eigenvalue weighted by Crippen LogP contribution is 2.30. The minimum absolute atomic E-state index is 0.130. The van der Waals surface area contributed by atoms with Gasteiger partial charge < -0.3 is 5.73 Å². The molecule has 0 bridgehead atoms. The van der Waals surface area contributed by atoms with E-state index >= 15 is 0 Å². The lowest BCUT2D eigenvalue weighted by Crippen LogP contribution is -2.18. The molecule has 0 aliphatic heterocycles. The van der Waals surface area contributed by atoms with Gasteiger partial charge in [-0.25, -0.2) is 0 Å². The molecule has 2 rings (SSSR count). The highest BCUT2D eigenvalue weighted by atomic mass is 79.9. The number of nitrogens with zero attached hydrogens (tertiary/aromatic N) is 1. The maximum Gasteiger partial charge on any atom is 0.0450 e. The Morgan fingerprint density at radius 1 is 1.28 bits per heavy atom. The Balaban J connectivity index is 2.28. The number of nitrogens with two attached hydrogens (primary N) is 1. The van der Waals surface area contributed by atoms with Gasteiger partial charge in [0, 0.05) is 33.3 Å². The molecule has 0 fully saturated rings. The first-order chi connectivity index (χ1) is 8.58. The second-order valence-electron chi connectivity index (χ2n) is 4.27. The molecule has 2 atom stereocenters. The minimum atomic E-state index is -0.130. The van der Waals surface area contributed by atoms with E-state index in [-0.39, 0.29) is 12.0 Å². The van der Waals surface area contributed by atoms with Gasteiger partial charge in [-0.15, -0.1) is 0 Å². The molecule has 0 saturated carbocycles. The van der Waals surface area contributed by atoms with Crippen LogP contribution in [-0.4, -0.2) is 4.98 Å². The summed E-state index contributed by atoms with van der Waals surface area (Å²) in [5, 5.41) is 0.683. The standard InChI is InChI=1S/C14H14BrClN2/c1-9(13-4-2-3-5-18-13)14(17)10-6-11(15)8-12(16)7-10/h2-9,14H,17H2,1H3. The highest BCUT2D eigenvalue weighted by molar-refractivity contribution is 9.10. The van der Waals surface area contributed by atoms with Crippen LogP contribution in [0.25, 0.3) is 0 Å². The molecule has 18 heavy (non-hydrogen) atoms. The Hall–Kier alpha value is -0.900. The third-order valence-electron chi connectivity index (χ3n) is 2.96. The summed E-state index contributed by atoms with van der Waals surface area (Å²) >= 11 is 9.47. The second-order valence-corrected chi connectivity index (χ2v) is 5.62. The average Bonchev–Trinajstić information content (AvgIpc) is 2.37.